The Morgan fingerprint density at radius 2 is 1.69 bits per heavy atom. The lowest BCUT2D eigenvalue weighted by molar-refractivity contribution is -0.607. The Hall–Kier alpha value is -3.93. The van der Waals surface area contributed by atoms with Gasteiger partial charge in [0.05, 0.1) is 10.9 Å². The molecule has 0 radical (unpaired) electrons. The molecule has 29 heavy (non-hydrogen) atoms. The van der Waals surface area contributed by atoms with Gasteiger partial charge >= 0.3 is 5.63 Å². The van der Waals surface area contributed by atoms with Crippen LogP contribution in [0.3, 0.4) is 0 Å². The Kier molecular flexibility index (Phi) is 4.83. The fourth-order valence-electron chi connectivity index (χ4n) is 3.46. The molecule has 0 bridgehead atoms. The molecule has 0 saturated carbocycles. The lowest BCUT2D eigenvalue weighted by Crippen LogP contribution is -2.34. The highest BCUT2D eigenvalue weighted by molar-refractivity contribution is 5.94. The summed E-state index contributed by atoms with van der Waals surface area (Å²) in [5.41, 5.74) is 0.171. The van der Waals surface area contributed by atoms with Crippen molar-refractivity contribution in [2.24, 2.45) is 0 Å². The van der Waals surface area contributed by atoms with Crippen LogP contribution < -0.4 is 10.4 Å². The fraction of sp³-hybridized carbons (Fsp3) is 0.0870. The van der Waals surface area contributed by atoms with Gasteiger partial charge in [-0.1, -0.05) is 42.5 Å². The number of pyridine rings is 1. The third-order valence-electron chi connectivity index (χ3n) is 4.87. The summed E-state index contributed by atoms with van der Waals surface area (Å²) in [6.07, 6.45) is 1.07. The second-order valence-corrected chi connectivity index (χ2v) is 6.65. The zero-order valence-electron chi connectivity index (χ0n) is 15.3. The van der Waals surface area contributed by atoms with Gasteiger partial charge in [0.2, 0.25) is 5.78 Å². The molecule has 6 heteroatoms. The van der Waals surface area contributed by atoms with Crippen LogP contribution in [0.1, 0.15) is 34.0 Å². The molecule has 2 aromatic heterocycles. The monoisotopic (exact) mass is 387 g/mol. The maximum atomic E-state index is 12.9. The first-order valence-electron chi connectivity index (χ1n) is 9.07. The van der Waals surface area contributed by atoms with Gasteiger partial charge in [-0.15, -0.1) is 0 Å². The molecule has 0 aliphatic heterocycles. The highest BCUT2D eigenvalue weighted by Gasteiger charge is 2.29. The maximum absolute atomic E-state index is 12.9. The van der Waals surface area contributed by atoms with Crippen molar-refractivity contribution in [3.05, 3.63) is 111 Å². The van der Waals surface area contributed by atoms with Gasteiger partial charge in [-0.2, -0.15) is 4.73 Å². The van der Waals surface area contributed by atoms with Gasteiger partial charge in [-0.05, 0) is 23.8 Å². The standard InChI is InChI=1S/C23H17NO5/c25-19(18-11-6-7-13-24(18)28)14-17(15-8-2-1-3-9-15)21-22(26)16-10-4-5-12-20(16)29-23(21)27/h1-13,17,26H,14H2/t17-/m1/s1. The summed E-state index contributed by atoms with van der Waals surface area (Å²) in [6.45, 7) is 0. The van der Waals surface area contributed by atoms with Gasteiger partial charge in [0.1, 0.15) is 11.3 Å². The molecule has 0 saturated heterocycles. The Bertz CT molecular complexity index is 1250. The van der Waals surface area contributed by atoms with Crippen LogP contribution in [0, 0.1) is 5.21 Å². The molecule has 1 N–H and O–H groups in total. The molecule has 0 fully saturated rings. The van der Waals surface area contributed by atoms with Crippen molar-refractivity contribution in [3.8, 4) is 5.75 Å². The summed E-state index contributed by atoms with van der Waals surface area (Å²) in [7, 11) is 0. The van der Waals surface area contributed by atoms with Crippen LogP contribution in [0.2, 0.25) is 0 Å². The zero-order chi connectivity index (χ0) is 20.4. The number of Topliss-reactive ketones (excluding diaryl/α,β-unsaturated/α-hetero) is 1. The van der Waals surface area contributed by atoms with Crippen LogP contribution in [0.25, 0.3) is 11.0 Å². The number of hydrogen-bond acceptors (Lipinski definition) is 5. The first-order valence-corrected chi connectivity index (χ1v) is 9.07. The summed E-state index contributed by atoms with van der Waals surface area (Å²) in [6, 6.07) is 20.1. The SMILES string of the molecule is O=C(C[C@H](c1ccccc1)c1c(O)c2ccccc2oc1=O)c1cccc[n+]1[O-]. The number of para-hydroxylation sites is 1. The van der Waals surface area contributed by atoms with Gasteiger partial charge in [0, 0.05) is 24.5 Å². The minimum Gasteiger partial charge on any atom is -0.618 e. The molecule has 144 valence electrons. The average Bonchev–Trinajstić information content (AvgIpc) is 2.74. The van der Waals surface area contributed by atoms with Crippen molar-refractivity contribution in [1.82, 2.24) is 0 Å². The molecule has 2 aromatic carbocycles. The van der Waals surface area contributed by atoms with Crippen LogP contribution in [0.15, 0.2) is 88.2 Å². The Labute approximate surface area is 165 Å². The number of carbonyl (C=O) groups is 1. The average molecular weight is 387 g/mol. The first-order chi connectivity index (χ1) is 14.1. The number of aromatic hydroxyl groups is 1. The van der Waals surface area contributed by atoms with E-state index in [1.807, 2.05) is 6.07 Å². The van der Waals surface area contributed by atoms with Gasteiger partial charge in [0.25, 0.3) is 5.69 Å². The summed E-state index contributed by atoms with van der Waals surface area (Å²) >= 11 is 0. The molecule has 1 atom stereocenters. The van der Waals surface area contributed by atoms with Crippen LogP contribution in [0.4, 0.5) is 0 Å². The summed E-state index contributed by atoms with van der Waals surface area (Å²) in [5.74, 6) is -1.44. The quantitative estimate of drug-likeness (QED) is 0.245. The third kappa shape index (κ3) is 3.48. The van der Waals surface area contributed by atoms with E-state index in [2.05, 4.69) is 0 Å². The number of hydrogen-bond donors (Lipinski definition) is 1. The summed E-state index contributed by atoms with van der Waals surface area (Å²) in [4.78, 5) is 25.6. The Morgan fingerprint density at radius 1 is 1.00 bits per heavy atom. The molecule has 2 heterocycles. The second kappa shape index (κ2) is 7.59. The van der Waals surface area contributed by atoms with Crippen LogP contribution in [-0.2, 0) is 0 Å². The van der Waals surface area contributed by atoms with Crippen LogP contribution >= 0.6 is 0 Å². The lowest BCUT2D eigenvalue weighted by Gasteiger charge is -2.18. The number of nitrogens with zero attached hydrogens (tertiary/aromatic N) is 1. The van der Waals surface area contributed by atoms with Crippen molar-refractivity contribution < 1.29 is 19.0 Å². The van der Waals surface area contributed by atoms with E-state index >= 15 is 0 Å². The van der Waals surface area contributed by atoms with E-state index in [0.29, 0.717) is 15.7 Å². The molecule has 0 aliphatic carbocycles. The molecular formula is C23H17NO5. The van der Waals surface area contributed by atoms with Crippen molar-refractivity contribution in [2.45, 2.75) is 12.3 Å². The van der Waals surface area contributed by atoms with Gasteiger partial charge < -0.3 is 14.7 Å². The molecule has 6 nitrogen and oxygen atoms in total. The van der Waals surface area contributed by atoms with E-state index < -0.39 is 17.3 Å². The molecule has 0 aliphatic rings. The Morgan fingerprint density at radius 3 is 2.45 bits per heavy atom. The second-order valence-electron chi connectivity index (χ2n) is 6.65. The maximum Gasteiger partial charge on any atom is 0.343 e. The van der Waals surface area contributed by atoms with Crippen molar-refractivity contribution in [2.75, 3.05) is 0 Å². The molecule has 0 spiro atoms. The van der Waals surface area contributed by atoms with Gasteiger partial charge in [0.15, 0.2) is 6.20 Å². The van der Waals surface area contributed by atoms with Gasteiger partial charge in [-0.3, -0.25) is 4.79 Å². The molecular weight excluding hydrogens is 370 g/mol. The zero-order valence-corrected chi connectivity index (χ0v) is 15.3. The normalized spacial score (nSPS) is 12.0. The topological polar surface area (TPSA) is 94.4 Å². The van der Waals surface area contributed by atoms with Crippen molar-refractivity contribution >= 4 is 16.8 Å². The minimum atomic E-state index is -0.773. The Balaban J connectivity index is 1.87. The van der Waals surface area contributed by atoms with E-state index in [9.17, 15) is 19.9 Å². The predicted octanol–water partition coefficient (Wildman–Crippen LogP) is 3.54. The van der Waals surface area contributed by atoms with E-state index in [0.717, 1.165) is 0 Å². The summed E-state index contributed by atoms with van der Waals surface area (Å²) in [5, 5.41) is 23.2. The summed E-state index contributed by atoms with van der Waals surface area (Å²) < 4.78 is 5.89. The lowest BCUT2D eigenvalue weighted by atomic mass is 9.86. The van der Waals surface area contributed by atoms with Crippen LogP contribution in [0.5, 0.6) is 5.75 Å². The molecule has 4 aromatic rings. The van der Waals surface area contributed by atoms with E-state index in [1.54, 1.807) is 54.6 Å². The smallest absolute Gasteiger partial charge is 0.343 e. The van der Waals surface area contributed by atoms with E-state index in [-0.39, 0.29) is 29.0 Å². The largest absolute Gasteiger partial charge is 0.618 e. The highest BCUT2D eigenvalue weighted by Crippen LogP contribution is 2.36. The van der Waals surface area contributed by atoms with E-state index in [1.165, 1.54) is 18.3 Å². The molecule has 4 rings (SSSR count). The number of aromatic nitrogens is 1. The third-order valence-corrected chi connectivity index (χ3v) is 4.87. The number of ketones is 1. The van der Waals surface area contributed by atoms with E-state index in [4.69, 9.17) is 4.42 Å². The minimum absolute atomic E-state index is 0.00312. The fourth-order valence-corrected chi connectivity index (χ4v) is 3.46. The first kappa shape index (κ1) is 18.4. The number of carbonyl (C=O) groups excluding carboxylic acids is 1. The highest BCUT2D eigenvalue weighted by atomic mass is 16.5. The number of rotatable bonds is 5. The number of benzene rings is 2. The van der Waals surface area contributed by atoms with Gasteiger partial charge in [-0.25, -0.2) is 4.79 Å². The van der Waals surface area contributed by atoms with Crippen molar-refractivity contribution in [1.29, 1.82) is 0 Å². The number of fused-ring (bicyclic) bond motifs is 1. The van der Waals surface area contributed by atoms with Crippen molar-refractivity contribution in [3.63, 3.8) is 0 Å². The molecule has 0 unspecified atom stereocenters. The molecule has 0 amide bonds. The van der Waals surface area contributed by atoms with Crippen LogP contribution in [-0.4, -0.2) is 10.9 Å². The predicted molar refractivity (Wildman–Crippen MR) is 107 cm³/mol.